The van der Waals surface area contributed by atoms with Gasteiger partial charge in [-0.1, -0.05) is 0 Å². The van der Waals surface area contributed by atoms with E-state index in [0.717, 1.165) is 5.56 Å². The van der Waals surface area contributed by atoms with Crippen molar-refractivity contribution in [1.82, 2.24) is 20.1 Å². The Labute approximate surface area is 97.9 Å². The number of hydrogen-bond acceptors (Lipinski definition) is 4. The highest BCUT2D eigenvalue weighted by Crippen LogP contribution is 2.12. The monoisotopic (exact) mass is 232 g/mol. The van der Waals surface area contributed by atoms with E-state index >= 15 is 0 Å². The summed E-state index contributed by atoms with van der Waals surface area (Å²) in [6.07, 6.45) is 4.93. The number of aromatic hydroxyl groups is 1. The third-order valence-corrected chi connectivity index (χ3v) is 2.21. The largest absolute Gasteiger partial charge is 0.505 e. The van der Waals surface area contributed by atoms with Crippen molar-refractivity contribution in [3.63, 3.8) is 0 Å². The second-order valence-corrected chi connectivity index (χ2v) is 3.58. The summed E-state index contributed by atoms with van der Waals surface area (Å²) in [6, 6.07) is 2.99. The van der Waals surface area contributed by atoms with Crippen molar-refractivity contribution in [1.29, 1.82) is 0 Å². The highest BCUT2D eigenvalue weighted by atomic mass is 16.3. The minimum atomic E-state index is -0.410. The summed E-state index contributed by atoms with van der Waals surface area (Å²) in [4.78, 5) is 15.5. The van der Waals surface area contributed by atoms with E-state index in [2.05, 4.69) is 15.4 Å². The molecule has 0 aliphatic heterocycles. The van der Waals surface area contributed by atoms with E-state index in [1.807, 2.05) is 0 Å². The van der Waals surface area contributed by atoms with Crippen LogP contribution in [0, 0.1) is 0 Å². The minimum absolute atomic E-state index is 0.0244. The zero-order chi connectivity index (χ0) is 12.3. The Bertz CT molecular complexity index is 536. The van der Waals surface area contributed by atoms with E-state index in [9.17, 15) is 9.90 Å². The Kier molecular flexibility index (Phi) is 3.04. The molecule has 0 saturated carbocycles. The van der Waals surface area contributed by atoms with Gasteiger partial charge in [-0.3, -0.25) is 9.48 Å². The number of carbonyl (C=O) groups excluding carboxylic acids is 1. The van der Waals surface area contributed by atoms with Crippen molar-refractivity contribution >= 4 is 5.91 Å². The molecule has 6 nitrogen and oxygen atoms in total. The number of nitrogens with zero attached hydrogens (tertiary/aromatic N) is 3. The number of rotatable bonds is 3. The summed E-state index contributed by atoms with van der Waals surface area (Å²) in [6.45, 7) is 0.350. The molecule has 0 spiro atoms. The van der Waals surface area contributed by atoms with Crippen LogP contribution in [0.15, 0.2) is 30.7 Å². The van der Waals surface area contributed by atoms with Gasteiger partial charge in [0.1, 0.15) is 5.75 Å². The number of aromatic nitrogens is 3. The molecule has 2 heterocycles. The topological polar surface area (TPSA) is 80.0 Å². The van der Waals surface area contributed by atoms with Crippen molar-refractivity contribution in [2.45, 2.75) is 6.54 Å². The van der Waals surface area contributed by atoms with Crippen LogP contribution >= 0.6 is 0 Å². The van der Waals surface area contributed by atoms with E-state index in [-0.39, 0.29) is 11.4 Å². The summed E-state index contributed by atoms with van der Waals surface area (Å²) in [5, 5.41) is 16.1. The number of aryl methyl sites for hydroxylation is 1. The van der Waals surface area contributed by atoms with Crippen LogP contribution in [0.5, 0.6) is 5.75 Å². The van der Waals surface area contributed by atoms with E-state index in [0.29, 0.717) is 6.54 Å². The van der Waals surface area contributed by atoms with Crippen LogP contribution in [-0.2, 0) is 13.6 Å². The first kappa shape index (κ1) is 11.1. The van der Waals surface area contributed by atoms with Crippen molar-refractivity contribution < 1.29 is 9.90 Å². The Morgan fingerprint density at radius 3 is 3.06 bits per heavy atom. The van der Waals surface area contributed by atoms with Gasteiger partial charge in [0.2, 0.25) is 0 Å². The van der Waals surface area contributed by atoms with Gasteiger partial charge < -0.3 is 10.4 Å². The van der Waals surface area contributed by atoms with Gasteiger partial charge in [-0.05, 0) is 12.1 Å². The highest BCUT2D eigenvalue weighted by molar-refractivity contribution is 5.94. The van der Waals surface area contributed by atoms with E-state index < -0.39 is 5.91 Å². The van der Waals surface area contributed by atoms with E-state index in [1.165, 1.54) is 12.3 Å². The van der Waals surface area contributed by atoms with Crippen molar-refractivity contribution in [2.75, 3.05) is 0 Å². The van der Waals surface area contributed by atoms with Gasteiger partial charge in [-0.2, -0.15) is 5.10 Å². The van der Waals surface area contributed by atoms with Crippen LogP contribution in [0.4, 0.5) is 0 Å². The van der Waals surface area contributed by atoms with Crippen molar-refractivity contribution in [2.24, 2.45) is 7.05 Å². The maximum absolute atomic E-state index is 11.7. The summed E-state index contributed by atoms with van der Waals surface area (Å²) in [5.74, 6) is -0.539. The molecule has 0 aromatic carbocycles. The molecule has 0 aliphatic carbocycles. The maximum atomic E-state index is 11.7. The third kappa shape index (κ3) is 2.60. The molecule has 2 rings (SSSR count). The van der Waals surface area contributed by atoms with Crippen molar-refractivity contribution in [3.8, 4) is 5.75 Å². The average molecular weight is 232 g/mol. The van der Waals surface area contributed by atoms with Crippen LogP contribution in [0.3, 0.4) is 0 Å². The lowest BCUT2D eigenvalue weighted by molar-refractivity contribution is 0.0943. The number of hydrogen-bond donors (Lipinski definition) is 2. The molecular formula is C11H12N4O2. The molecule has 0 fully saturated rings. The predicted molar refractivity (Wildman–Crippen MR) is 60.3 cm³/mol. The molecule has 0 aliphatic rings. The molecule has 0 atom stereocenters. The zero-order valence-corrected chi connectivity index (χ0v) is 9.29. The van der Waals surface area contributed by atoms with Gasteiger partial charge in [-0.25, -0.2) is 4.98 Å². The smallest absolute Gasteiger partial charge is 0.274 e. The maximum Gasteiger partial charge on any atom is 0.274 e. The molecule has 2 aromatic heterocycles. The highest BCUT2D eigenvalue weighted by Gasteiger charge is 2.11. The van der Waals surface area contributed by atoms with Gasteiger partial charge in [0.15, 0.2) is 5.69 Å². The molecule has 2 N–H and O–H groups in total. The van der Waals surface area contributed by atoms with E-state index in [4.69, 9.17) is 0 Å². The third-order valence-electron chi connectivity index (χ3n) is 2.21. The van der Waals surface area contributed by atoms with Crippen LogP contribution in [-0.4, -0.2) is 25.8 Å². The first-order valence-electron chi connectivity index (χ1n) is 5.06. The number of pyridine rings is 1. The Morgan fingerprint density at radius 2 is 2.41 bits per heavy atom. The summed E-state index contributed by atoms with van der Waals surface area (Å²) < 4.78 is 1.65. The molecule has 0 unspecified atom stereocenters. The molecule has 0 bridgehead atoms. The summed E-state index contributed by atoms with van der Waals surface area (Å²) in [5.41, 5.74) is 0.910. The number of nitrogens with one attached hydrogen (secondary N) is 1. The van der Waals surface area contributed by atoms with E-state index in [1.54, 1.807) is 30.2 Å². The molecular weight excluding hydrogens is 220 g/mol. The number of carbonyl (C=O) groups is 1. The standard InChI is InChI=1S/C11H12N4O2/c1-15-7-8(6-14-15)5-13-11(17)10-9(16)3-2-4-12-10/h2-4,6-7,16H,5H2,1H3,(H,13,17). The van der Waals surface area contributed by atoms with Crippen LogP contribution in [0.25, 0.3) is 0 Å². The fourth-order valence-corrected chi connectivity index (χ4v) is 1.40. The second kappa shape index (κ2) is 4.65. The first-order valence-corrected chi connectivity index (χ1v) is 5.06. The van der Waals surface area contributed by atoms with Crippen LogP contribution in [0.1, 0.15) is 16.1 Å². The summed E-state index contributed by atoms with van der Waals surface area (Å²) in [7, 11) is 1.80. The van der Waals surface area contributed by atoms with Gasteiger partial charge in [0.05, 0.1) is 6.20 Å². The van der Waals surface area contributed by atoms with Gasteiger partial charge in [0, 0.05) is 31.5 Å². The Morgan fingerprint density at radius 1 is 1.59 bits per heavy atom. The summed E-state index contributed by atoms with van der Waals surface area (Å²) >= 11 is 0. The lowest BCUT2D eigenvalue weighted by Crippen LogP contribution is -2.23. The first-order chi connectivity index (χ1) is 8.16. The lowest BCUT2D eigenvalue weighted by Gasteiger charge is -2.03. The van der Waals surface area contributed by atoms with Gasteiger partial charge in [0.25, 0.3) is 5.91 Å². The normalized spacial score (nSPS) is 10.2. The fraction of sp³-hybridized carbons (Fsp3) is 0.182. The Hall–Kier alpha value is -2.37. The molecule has 17 heavy (non-hydrogen) atoms. The predicted octanol–water partition coefficient (Wildman–Crippen LogP) is 0.451. The molecule has 0 radical (unpaired) electrons. The fourth-order valence-electron chi connectivity index (χ4n) is 1.40. The molecule has 0 saturated heterocycles. The van der Waals surface area contributed by atoms with Crippen molar-refractivity contribution in [3.05, 3.63) is 42.0 Å². The van der Waals surface area contributed by atoms with Gasteiger partial charge in [-0.15, -0.1) is 0 Å². The molecule has 88 valence electrons. The minimum Gasteiger partial charge on any atom is -0.505 e. The zero-order valence-electron chi connectivity index (χ0n) is 9.29. The number of amides is 1. The van der Waals surface area contributed by atoms with Crippen LogP contribution in [0.2, 0.25) is 0 Å². The molecule has 6 heteroatoms. The lowest BCUT2D eigenvalue weighted by atomic mass is 10.3. The molecule has 2 aromatic rings. The quantitative estimate of drug-likeness (QED) is 0.805. The SMILES string of the molecule is Cn1cc(CNC(=O)c2ncccc2O)cn1. The second-order valence-electron chi connectivity index (χ2n) is 3.58. The Balaban J connectivity index is 2.01. The van der Waals surface area contributed by atoms with Crippen LogP contribution < -0.4 is 5.32 Å². The average Bonchev–Trinajstić information content (AvgIpc) is 2.73. The van der Waals surface area contributed by atoms with Gasteiger partial charge >= 0.3 is 0 Å². The molecule has 1 amide bonds.